The molecule has 0 unspecified atom stereocenters. The lowest BCUT2D eigenvalue weighted by atomic mass is 10.2. The van der Waals surface area contributed by atoms with Crippen molar-refractivity contribution in [1.29, 1.82) is 0 Å². The number of nitrogens with one attached hydrogen (secondary N) is 1. The average Bonchev–Trinajstić information content (AvgIpc) is 2.13. The fraction of sp³-hybridized carbons (Fsp3) is 0.538. The maximum absolute atomic E-state index is 5.63. The summed E-state index contributed by atoms with van der Waals surface area (Å²) in [7, 11) is 0. The Morgan fingerprint density at radius 1 is 1.20 bits per heavy atom. The van der Waals surface area contributed by atoms with Crippen LogP contribution >= 0.6 is 0 Å². The smallest absolute Gasteiger partial charge is 0.0646 e. The predicted octanol–water partition coefficient (Wildman–Crippen LogP) is 3.22. The molecular formula is C13H21NO. The first-order chi connectivity index (χ1) is 6.99. The lowest BCUT2D eigenvalue weighted by molar-refractivity contribution is 0.00333. The normalized spacial score (nSPS) is 11.5. The van der Waals surface area contributed by atoms with Crippen molar-refractivity contribution in [3.63, 3.8) is 0 Å². The van der Waals surface area contributed by atoms with Crippen LogP contribution in [0.15, 0.2) is 24.3 Å². The van der Waals surface area contributed by atoms with Gasteiger partial charge in [-0.25, -0.2) is 0 Å². The summed E-state index contributed by atoms with van der Waals surface area (Å²) in [4.78, 5) is 0. The average molecular weight is 207 g/mol. The molecule has 0 amide bonds. The number of hydrogen-bond donors (Lipinski definition) is 1. The van der Waals surface area contributed by atoms with Crippen LogP contribution in [0.4, 0.5) is 5.69 Å². The Bertz CT molecular complexity index is 302. The molecule has 2 heteroatoms. The monoisotopic (exact) mass is 207 g/mol. The van der Waals surface area contributed by atoms with E-state index in [1.807, 2.05) is 12.1 Å². The van der Waals surface area contributed by atoms with Crippen LogP contribution in [0.3, 0.4) is 0 Å². The molecule has 0 aromatic heterocycles. The van der Waals surface area contributed by atoms with Crippen LogP contribution < -0.4 is 5.32 Å². The van der Waals surface area contributed by atoms with E-state index in [1.165, 1.54) is 11.3 Å². The summed E-state index contributed by atoms with van der Waals surface area (Å²) in [5, 5.41) is 3.36. The van der Waals surface area contributed by atoms with Crippen molar-refractivity contribution in [2.24, 2.45) is 0 Å². The highest BCUT2D eigenvalue weighted by Gasteiger charge is 2.08. The van der Waals surface area contributed by atoms with E-state index in [-0.39, 0.29) is 5.60 Å². The Morgan fingerprint density at radius 3 is 2.47 bits per heavy atom. The molecule has 0 heterocycles. The lowest BCUT2D eigenvalue weighted by Gasteiger charge is -2.20. The molecule has 1 N–H and O–H groups in total. The fourth-order valence-corrected chi connectivity index (χ4v) is 1.31. The van der Waals surface area contributed by atoms with Crippen molar-refractivity contribution in [2.75, 3.05) is 18.5 Å². The summed E-state index contributed by atoms with van der Waals surface area (Å²) in [5.41, 5.74) is 2.41. The third-order valence-electron chi connectivity index (χ3n) is 2.10. The van der Waals surface area contributed by atoms with Crippen LogP contribution in [-0.2, 0) is 4.74 Å². The Kier molecular flexibility index (Phi) is 4.15. The van der Waals surface area contributed by atoms with Crippen LogP contribution in [0.25, 0.3) is 0 Å². The summed E-state index contributed by atoms with van der Waals surface area (Å²) in [6, 6.07) is 8.28. The van der Waals surface area contributed by atoms with Gasteiger partial charge in [0.25, 0.3) is 0 Å². The molecule has 0 aliphatic heterocycles. The van der Waals surface area contributed by atoms with Gasteiger partial charge >= 0.3 is 0 Å². The number of ether oxygens (including phenoxy) is 1. The van der Waals surface area contributed by atoms with Gasteiger partial charge < -0.3 is 10.1 Å². The summed E-state index contributed by atoms with van der Waals surface area (Å²) in [6.45, 7) is 9.90. The van der Waals surface area contributed by atoms with Crippen LogP contribution in [0.1, 0.15) is 26.3 Å². The van der Waals surface area contributed by atoms with Gasteiger partial charge in [0.15, 0.2) is 0 Å². The molecular weight excluding hydrogens is 186 g/mol. The second kappa shape index (κ2) is 5.17. The van der Waals surface area contributed by atoms with Crippen molar-refractivity contribution in [3.8, 4) is 0 Å². The van der Waals surface area contributed by atoms with Crippen molar-refractivity contribution in [3.05, 3.63) is 29.8 Å². The van der Waals surface area contributed by atoms with Gasteiger partial charge in [-0.3, -0.25) is 0 Å². The number of benzene rings is 1. The molecule has 0 aliphatic carbocycles. The van der Waals surface area contributed by atoms with Gasteiger partial charge in [0, 0.05) is 12.2 Å². The van der Waals surface area contributed by atoms with Gasteiger partial charge in [0.2, 0.25) is 0 Å². The largest absolute Gasteiger partial charge is 0.383 e. The zero-order valence-corrected chi connectivity index (χ0v) is 10.1. The molecule has 0 radical (unpaired) electrons. The second-order valence-electron chi connectivity index (χ2n) is 4.70. The van der Waals surface area contributed by atoms with Gasteiger partial charge in [0.05, 0.1) is 12.2 Å². The van der Waals surface area contributed by atoms with Crippen LogP contribution in [0.2, 0.25) is 0 Å². The van der Waals surface area contributed by atoms with Gasteiger partial charge in [0.1, 0.15) is 0 Å². The molecule has 15 heavy (non-hydrogen) atoms. The predicted molar refractivity (Wildman–Crippen MR) is 65.4 cm³/mol. The molecule has 0 saturated carbocycles. The van der Waals surface area contributed by atoms with E-state index in [2.05, 4.69) is 45.1 Å². The molecule has 1 aromatic rings. The van der Waals surface area contributed by atoms with Crippen molar-refractivity contribution in [2.45, 2.75) is 33.3 Å². The van der Waals surface area contributed by atoms with Gasteiger partial charge in [-0.15, -0.1) is 0 Å². The standard InChI is InChI=1S/C13H21NO/c1-11-7-5-6-8-12(11)14-9-10-15-13(2,3)4/h5-8,14H,9-10H2,1-4H3. The van der Waals surface area contributed by atoms with Crippen LogP contribution in [0.5, 0.6) is 0 Å². The molecule has 0 fully saturated rings. The minimum atomic E-state index is -0.0482. The van der Waals surface area contributed by atoms with Crippen LogP contribution in [0, 0.1) is 6.92 Å². The number of aryl methyl sites for hydroxylation is 1. The Hall–Kier alpha value is -1.02. The number of hydrogen-bond acceptors (Lipinski definition) is 2. The Balaban J connectivity index is 2.30. The Labute approximate surface area is 92.6 Å². The number of rotatable bonds is 4. The zero-order chi connectivity index (χ0) is 11.3. The lowest BCUT2D eigenvalue weighted by Crippen LogP contribution is -2.23. The first kappa shape index (κ1) is 12.1. The van der Waals surface area contributed by atoms with E-state index in [0.717, 1.165) is 13.2 Å². The maximum Gasteiger partial charge on any atom is 0.0646 e. The van der Waals surface area contributed by atoms with Crippen LogP contribution in [-0.4, -0.2) is 18.8 Å². The Morgan fingerprint density at radius 2 is 1.87 bits per heavy atom. The molecule has 0 atom stereocenters. The summed E-state index contributed by atoms with van der Waals surface area (Å²) < 4.78 is 5.63. The van der Waals surface area contributed by atoms with Gasteiger partial charge in [-0.1, -0.05) is 18.2 Å². The molecule has 0 aliphatic rings. The molecule has 84 valence electrons. The molecule has 1 aromatic carbocycles. The number of para-hydroxylation sites is 1. The quantitative estimate of drug-likeness (QED) is 0.765. The minimum absolute atomic E-state index is 0.0482. The first-order valence-corrected chi connectivity index (χ1v) is 5.42. The summed E-state index contributed by atoms with van der Waals surface area (Å²) in [5.74, 6) is 0. The van der Waals surface area contributed by atoms with Gasteiger partial charge in [-0.2, -0.15) is 0 Å². The van der Waals surface area contributed by atoms with E-state index >= 15 is 0 Å². The SMILES string of the molecule is Cc1ccccc1NCCOC(C)(C)C. The van der Waals surface area contributed by atoms with E-state index in [4.69, 9.17) is 4.74 Å². The van der Waals surface area contributed by atoms with E-state index in [0.29, 0.717) is 0 Å². The minimum Gasteiger partial charge on any atom is -0.383 e. The van der Waals surface area contributed by atoms with Crippen molar-refractivity contribution in [1.82, 2.24) is 0 Å². The fourth-order valence-electron chi connectivity index (χ4n) is 1.31. The van der Waals surface area contributed by atoms with E-state index in [1.54, 1.807) is 0 Å². The van der Waals surface area contributed by atoms with E-state index < -0.39 is 0 Å². The highest BCUT2D eigenvalue weighted by atomic mass is 16.5. The first-order valence-electron chi connectivity index (χ1n) is 5.42. The molecule has 0 saturated heterocycles. The summed E-state index contributed by atoms with van der Waals surface area (Å²) in [6.07, 6.45) is 0. The molecule has 2 nitrogen and oxygen atoms in total. The van der Waals surface area contributed by atoms with E-state index in [9.17, 15) is 0 Å². The van der Waals surface area contributed by atoms with Crippen molar-refractivity contribution >= 4 is 5.69 Å². The highest BCUT2D eigenvalue weighted by molar-refractivity contribution is 5.50. The second-order valence-corrected chi connectivity index (χ2v) is 4.70. The number of anilines is 1. The topological polar surface area (TPSA) is 21.3 Å². The third-order valence-corrected chi connectivity index (χ3v) is 2.10. The molecule has 0 bridgehead atoms. The maximum atomic E-state index is 5.63. The van der Waals surface area contributed by atoms with Crippen molar-refractivity contribution < 1.29 is 4.74 Å². The van der Waals surface area contributed by atoms with Gasteiger partial charge in [-0.05, 0) is 39.3 Å². The summed E-state index contributed by atoms with van der Waals surface area (Å²) >= 11 is 0. The zero-order valence-electron chi connectivity index (χ0n) is 10.1. The highest BCUT2D eigenvalue weighted by Crippen LogP contribution is 2.12. The third kappa shape index (κ3) is 4.84. The molecule has 1 rings (SSSR count). The molecule has 0 spiro atoms.